The van der Waals surface area contributed by atoms with Gasteiger partial charge in [-0.05, 0) is 6.07 Å². The van der Waals surface area contributed by atoms with E-state index in [0.29, 0.717) is 6.61 Å². The predicted molar refractivity (Wildman–Crippen MR) is 52.4 cm³/mol. The van der Waals surface area contributed by atoms with Gasteiger partial charge in [-0.2, -0.15) is 0 Å². The number of ether oxygens (including phenoxy) is 4. The molecule has 2 heterocycles. The lowest BCUT2D eigenvalue weighted by Crippen LogP contribution is -2.15. The molecule has 0 aliphatic carbocycles. The van der Waals surface area contributed by atoms with Crippen LogP contribution in [0.15, 0.2) is 12.1 Å². The third-order valence-corrected chi connectivity index (χ3v) is 2.77. The fourth-order valence-electron chi connectivity index (χ4n) is 1.99. The summed E-state index contributed by atoms with van der Waals surface area (Å²) in [6, 6.07) is 3.83. The highest BCUT2D eigenvalue weighted by molar-refractivity contribution is 5.53. The Morgan fingerprint density at radius 3 is 2.73 bits per heavy atom. The van der Waals surface area contributed by atoms with Gasteiger partial charge in [-0.1, -0.05) is 0 Å². The normalized spacial score (nSPS) is 22.1. The van der Waals surface area contributed by atoms with E-state index in [-0.39, 0.29) is 12.9 Å². The fraction of sp³-hybridized carbons (Fsp3) is 0.455. The molecule has 0 bridgehead atoms. The topological polar surface area (TPSA) is 36.9 Å². The summed E-state index contributed by atoms with van der Waals surface area (Å²) in [6.45, 7) is 0.973. The van der Waals surface area contributed by atoms with E-state index >= 15 is 0 Å². The van der Waals surface area contributed by atoms with Gasteiger partial charge < -0.3 is 18.9 Å². The van der Waals surface area contributed by atoms with Gasteiger partial charge in [0.05, 0.1) is 12.7 Å². The molecule has 2 aliphatic heterocycles. The minimum Gasteiger partial charge on any atom is -0.493 e. The Morgan fingerprint density at radius 1 is 1.13 bits per heavy atom. The van der Waals surface area contributed by atoms with E-state index in [1.54, 1.807) is 7.11 Å². The zero-order valence-corrected chi connectivity index (χ0v) is 8.49. The molecule has 1 atom stereocenters. The average molecular weight is 208 g/mol. The standard InChI is InChI=1S/C11H12O4/c1-12-8-2-3-13-9-5-11-10(4-7(8)9)14-6-15-11/h4-5,8H,2-3,6H2,1H3. The van der Waals surface area contributed by atoms with Crippen molar-refractivity contribution in [2.75, 3.05) is 20.5 Å². The van der Waals surface area contributed by atoms with E-state index in [4.69, 9.17) is 18.9 Å². The molecule has 4 heteroatoms. The zero-order chi connectivity index (χ0) is 10.3. The molecule has 0 N–H and O–H groups in total. The largest absolute Gasteiger partial charge is 0.493 e. The van der Waals surface area contributed by atoms with Crippen LogP contribution in [0.4, 0.5) is 0 Å². The van der Waals surface area contributed by atoms with Crippen LogP contribution in [0.25, 0.3) is 0 Å². The van der Waals surface area contributed by atoms with E-state index in [2.05, 4.69) is 0 Å². The molecule has 0 saturated heterocycles. The Labute approximate surface area is 87.7 Å². The van der Waals surface area contributed by atoms with Gasteiger partial charge in [0.25, 0.3) is 0 Å². The van der Waals surface area contributed by atoms with Crippen LogP contribution in [0, 0.1) is 0 Å². The van der Waals surface area contributed by atoms with Gasteiger partial charge in [0, 0.05) is 25.2 Å². The molecular weight excluding hydrogens is 196 g/mol. The Bertz CT molecular complexity index is 388. The molecule has 1 unspecified atom stereocenters. The second-order valence-corrected chi connectivity index (χ2v) is 3.60. The number of fused-ring (bicyclic) bond motifs is 2. The van der Waals surface area contributed by atoms with Gasteiger partial charge in [0.1, 0.15) is 5.75 Å². The Kier molecular flexibility index (Phi) is 1.95. The molecule has 0 fully saturated rings. The highest BCUT2D eigenvalue weighted by atomic mass is 16.7. The quantitative estimate of drug-likeness (QED) is 0.706. The first-order chi connectivity index (χ1) is 7.38. The smallest absolute Gasteiger partial charge is 0.231 e. The molecule has 1 aromatic rings. The second-order valence-electron chi connectivity index (χ2n) is 3.60. The van der Waals surface area contributed by atoms with Crippen molar-refractivity contribution in [3.8, 4) is 17.2 Å². The zero-order valence-electron chi connectivity index (χ0n) is 8.49. The number of hydrogen-bond donors (Lipinski definition) is 0. The summed E-state index contributed by atoms with van der Waals surface area (Å²) in [5.74, 6) is 2.38. The maximum absolute atomic E-state index is 5.57. The number of rotatable bonds is 1. The summed E-state index contributed by atoms with van der Waals surface area (Å²) in [5.41, 5.74) is 1.05. The average Bonchev–Trinajstić information content (AvgIpc) is 2.72. The van der Waals surface area contributed by atoms with Crippen molar-refractivity contribution in [3.05, 3.63) is 17.7 Å². The molecule has 0 amide bonds. The van der Waals surface area contributed by atoms with Gasteiger partial charge >= 0.3 is 0 Å². The monoisotopic (exact) mass is 208 g/mol. The molecule has 0 spiro atoms. The first-order valence-corrected chi connectivity index (χ1v) is 4.97. The van der Waals surface area contributed by atoms with Gasteiger partial charge in [-0.25, -0.2) is 0 Å². The Hall–Kier alpha value is -1.42. The predicted octanol–water partition coefficient (Wildman–Crippen LogP) is 1.89. The van der Waals surface area contributed by atoms with Crippen LogP contribution in [-0.2, 0) is 4.74 Å². The minimum absolute atomic E-state index is 0.100. The summed E-state index contributed by atoms with van der Waals surface area (Å²) < 4.78 is 21.6. The van der Waals surface area contributed by atoms with Crippen molar-refractivity contribution in [1.82, 2.24) is 0 Å². The Morgan fingerprint density at radius 2 is 1.93 bits per heavy atom. The summed E-state index contributed by atoms with van der Waals surface area (Å²) >= 11 is 0. The van der Waals surface area contributed by atoms with Crippen LogP contribution >= 0.6 is 0 Å². The molecule has 4 nitrogen and oxygen atoms in total. The third-order valence-electron chi connectivity index (χ3n) is 2.77. The van der Waals surface area contributed by atoms with E-state index < -0.39 is 0 Å². The van der Waals surface area contributed by atoms with Gasteiger partial charge in [-0.15, -0.1) is 0 Å². The molecule has 2 aliphatic rings. The van der Waals surface area contributed by atoms with Crippen molar-refractivity contribution in [2.45, 2.75) is 12.5 Å². The lowest BCUT2D eigenvalue weighted by molar-refractivity contribution is 0.0635. The van der Waals surface area contributed by atoms with Crippen LogP contribution in [0.2, 0.25) is 0 Å². The maximum atomic E-state index is 5.57. The van der Waals surface area contributed by atoms with Crippen LogP contribution in [0.1, 0.15) is 18.1 Å². The summed E-state index contributed by atoms with van der Waals surface area (Å²) in [4.78, 5) is 0. The molecule has 80 valence electrons. The van der Waals surface area contributed by atoms with E-state index in [9.17, 15) is 0 Å². The minimum atomic E-state index is 0.100. The summed E-state index contributed by atoms with van der Waals surface area (Å²) in [5, 5.41) is 0. The lowest BCUT2D eigenvalue weighted by atomic mass is 10.0. The van der Waals surface area contributed by atoms with E-state index in [0.717, 1.165) is 29.2 Å². The van der Waals surface area contributed by atoms with E-state index in [1.807, 2.05) is 12.1 Å². The summed E-state index contributed by atoms with van der Waals surface area (Å²) in [7, 11) is 1.71. The maximum Gasteiger partial charge on any atom is 0.231 e. The third kappa shape index (κ3) is 1.33. The first-order valence-electron chi connectivity index (χ1n) is 4.97. The molecule has 15 heavy (non-hydrogen) atoms. The number of methoxy groups -OCH3 is 1. The van der Waals surface area contributed by atoms with Gasteiger partial charge in [0.2, 0.25) is 6.79 Å². The number of hydrogen-bond acceptors (Lipinski definition) is 4. The molecule has 1 aromatic carbocycles. The molecule has 3 rings (SSSR count). The molecular formula is C11H12O4. The van der Waals surface area contributed by atoms with Crippen molar-refractivity contribution in [2.24, 2.45) is 0 Å². The van der Waals surface area contributed by atoms with Crippen molar-refractivity contribution >= 4 is 0 Å². The SMILES string of the molecule is COC1CCOc2cc3c(cc21)OCO3. The van der Waals surface area contributed by atoms with Crippen LogP contribution in [0.3, 0.4) is 0 Å². The van der Waals surface area contributed by atoms with Crippen LogP contribution in [0.5, 0.6) is 17.2 Å². The van der Waals surface area contributed by atoms with Crippen molar-refractivity contribution < 1.29 is 18.9 Å². The van der Waals surface area contributed by atoms with Crippen LogP contribution < -0.4 is 14.2 Å². The highest BCUT2D eigenvalue weighted by Gasteiger charge is 2.26. The second kappa shape index (κ2) is 3.31. The van der Waals surface area contributed by atoms with E-state index in [1.165, 1.54) is 0 Å². The van der Waals surface area contributed by atoms with Crippen molar-refractivity contribution in [3.63, 3.8) is 0 Å². The highest BCUT2D eigenvalue weighted by Crippen LogP contribution is 2.43. The Balaban J connectivity index is 2.08. The van der Waals surface area contributed by atoms with Gasteiger partial charge in [0.15, 0.2) is 11.5 Å². The number of benzene rings is 1. The lowest BCUT2D eigenvalue weighted by Gasteiger charge is -2.24. The van der Waals surface area contributed by atoms with Gasteiger partial charge in [-0.3, -0.25) is 0 Å². The van der Waals surface area contributed by atoms with Crippen molar-refractivity contribution in [1.29, 1.82) is 0 Å². The molecule has 0 radical (unpaired) electrons. The fourth-order valence-corrected chi connectivity index (χ4v) is 1.99. The summed E-state index contributed by atoms with van der Waals surface area (Å²) in [6.07, 6.45) is 0.978. The molecule has 0 saturated carbocycles. The molecule has 0 aromatic heterocycles. The van der Waals surface area contributed by atoms with Crippen LogP contribution in [-0.4, -0.2) is 20.5 Å². The first kappa shape index (κ1) is 8.85.